The molecule has 0 radical (unpaired) electrons. The van der Waals surface area contributed by atoms with Gasteiger partial charge in [0, 0.05) is 6.54 Å². The van der Waals surface area contributed by atoms with Crippen molar-refractivity contribution in [1.82, 2.24) is 26.7 Å². The van der Waals surface area contributed by atoms with Crippen molar-refractivity contribution in [1.29, 1.82) is 0 Å². The number of nitrogens with zero attached hydrogens (tertiary/aromatic N) is 3. The second-order valence-electron chi connectivity index (χ2n) is 5.37. The van der Waals surface area contributed by atoms with Gasteiger partial charge in [-0.3, -0.25) is 15.4 Å². The van der Waals surface area contributed by atoms with E-state index in [1.54, 1.807) is 22.7 Å². The maximum absolute atomic E-state index is 13.1. The van der Waals surface area contributed by atoms with Gasteiger partial charge in [0.15, 0.2) is 0 Å². The Morgan fingerprint density at radius 1 is 1.39 bits per heavy atom. The van der Waals surface area contributed by atoms with Crippen molar-refractivity contribution >= 4 is 40.9 Å². The Morgan fingerprint density at radius 3 is 3.00 bits per heavy atom. The van der Waals surface area contributed by atoms with Gasteiger partial charge in [0.1, 0.15) is 11.7 Å². The molecule has 1 aromatic rings. The van der Waals surface area contributed by atoms with Crippen LogP contribution < -0.4 is 26.6 Å². The second kappa shape index (κ2) is 5.84. The lowest BCUT2D eigenvalue weighted by Gasteiger charge is -2.47. The monoisotopic (exact) mass is 353 g/mol. The average molecular weight is 354 g/mol. The van der Waals surface area contributed by atoms with Crippen LogP contribution in [0.3, 0.4) is 0 Å². The van der Waals surface area contributed by atoms with Crippen molar-refractivity contribution in [2.75, 3.05) is 17.7 Å². The van der Waals surface area contributed by atoms with Crippen molar-refractivity contribution in [2.24, 2.45) is 11.0 Å². The van der Waals surface area contributed by atoms with Gasteiger partial charge in [0.05, 0.1) is 16.6 Å². The van der Waals surface area contributed by atoms with Gasteiger partial charge in [-0.15, -0.1) is 22.4 Å². The number of hydrogen-bond donors (Lipinski definition) is 4. The minimum Gasteiger partial charge on any atom is -0.292 e. The number of carbonyl (C=O) groups excluding carboxylic acids is 1. The minimum atomic E-state index is -0.263. The summed E-state index contributed by atoms with van der Waals surface area (Å²) in [4.78, 5) is 14.6. The Bertz CT molecular complexity index is 669. The van der Waals surface area contributed by atoms with Gasteiger partial charge in [-0.1, -0.05) is 23.7 Å². The summed E-state index contributed by atoms with van der Waals surface area (Å²) < 4.78 is 0. The Balaban J connectivity index is 1.73. The molecular formula is C13H16ClN7OS. The lowest BCUT2D eigenvalue weighted by atomic mass is 9.99. The van der Waals surface area contributed by atoms with Gasteiger partial charge < -0.3 is 0 Å². The number of hydrazine groups is 2. The maximum atomic E-state index is 13.1. The quantitative estimate of drug-likeness (QED) is 0.598. The molecule has 0 bridgehead atoms. The molecule has 2 saturated heterocycles. The number of para-hydroxylation sites is 1. The molecule has 0 spiro atoms. The van der Waals surface area contributed by atoms with Gasteiger partial charge in [-0.25, -0.2) is 15.4 Å². The summed E-state index contributed by atoms with van der Waals surface area (Å²) in [6, 6.07) is 7.26. The number of rotatable bonds is 2. The molecular weight excluding hydrogens is 338 g/mol. The summed E-state index contributed by atoms with van der Waals surface area (Å²) in [5.74, 6) is 0.183. The van der Waals surface area contributed by atoms with E-state index in [0.717, 1.165) is 0 Å². The molecule has 122 valence electrons. The molecule has 1 aromatic carbocycles. The van der Waals surface area contributed by atoms with Crippen molar-refractivity contribution < 1.29 is 4.79 Å². The summed E-state index contributed by atoms with van der Waals surface area (Å²) in [7, 11) is 0. The molecule has 3 atom stereocenters. The summed E-state index contributed by atoms with van der Waals surface area (Å²) in [5.41, 5.74) is 6.42. The second-order valence-corrected chi connectivity index (χ2v) is 6.72. The molecule has 2 fully saturated rings. The van der Waals surface area contributed by atoms with Gasteiger partial charge in [-0.2, -0.15) is 0 Å². The first-order chi connectivity index (χ1) is 11.2. The number of carbonyl (C=O) groups is 1. The third-order valence-corrected chi connectivity index (χ3v) is 5.21. The third kappa shape index (κ3) is 2.36. The fourth-order valence-electron chi connectivity index (χ4n) is 3.01. The van der Waals surface area contributed by atoms with Crippen LogP contribution in [0.25, 0.3) is 0 Å². The summed E-state index contributed by atoms with van der Waals surface area (Å²) in [5, 5.41) is 13.3. The van der Waals surface area contributed by atoms with Crippen LogP contribution in [0.1, 0.15) is 0 Å². The van der Waals surface area contributed by atoms with Gasteiger partial charge >= 0.3 is 0 Å². The van der Waals surface area contributed by atoms with Gasteiger partial charge in [-0.05, 0) is 18.4 Å². The molecule has 0 aliphatic carbocycles. The molecule has 0 aromatic heterocycles. The van der Waals surface area contributed by atoms with Crippen molar-refractivity contribution in [3.05, 3.63) is 29.3 Å². The SMILES string of the molecule is CSC1NCC2C(=O)N(c3ccccc3Cl)C3=NNNN3C2N1. The Labute approximate surface area is 142 Å². The highest BCUT2D eigenvalue weighted by Crippen LogP contribution is 2.33. The predicted octanol–water partition coefficient (Wildman–Crippen LogP) is 0.0641. The highest BCUT2D eigenvalue weighted by molar-refractivity contribution is 7.99. The van der Waals surface area contributed by atoms with E-state index in [1.165, 1.54) is 0 Å². The first-order valence-corrected chi connectivity index (χ1v) is 8.85. The number of halogens is 1. The van der Waals surface area contributed by atoms with Gasteiger partial charge in [0.2, 0.25) is 11.9 Å². The zero-order chi connectivity index (χ0) is 16.0. The topological polar surface area (TPSA) is 84.0 Å². The molecule has 1 amide bonds. The van der Waals surface area contributed by atoms with Crippen LogP contribution in [-0.4, -0.2) is 41.3 Å². The molecule has 3 heterocycles. The number of benzene rings is 1. The predicted molar refractivity (Wildman–Crippen MR) is 90.2 cm³/mol. The first kappa shape index (κ1) is 15.0. The van der Waals surface area contributed by atoms with E-state index >= 15 is 0 Å². The summed E-state index contributed by atoms with van der Waals surface area (Å²) in [6.45, 7) is 0.578. The number of hydrogen-bond acceptors (Lipinski definition) is 8. The number of fused-ring (bicyclic) bond motifs is 3. The number of anilines is 1. The number of hydrazone groups is 1. The van der Waals surface area contributed by atoms with Gasteiger partial charge in [0.25, 0.3) is 0 Å². The zero-order valence-electron chi connectivity index (χ0n) is 12.3. The highest BCUT2D eigenvalue weighted by atomic mass is 35.5. The number of amides is 1. The smallest absolute Gasteiger partial charge is 0.249 e. The van der Waals surface area contributed by atoms with E-state index in [4.69, 9.17) is 11.6 Å². The Kier molecular flexibility index (Phi) is 3.82. The maximum Gasteiger partial charge on any atom is 0.249 e. The largest absolute Gasteiger partial charge is 0.292 e. The van der Waals surface area contributed by atoms with Crippen LogP contribution in [-0.2, 0) is 4.79 Å². The molecule has 23 heavy (non-hydrogen) atoms. The normalized spacial score (nSPS) is 29.7. The average Bonchev–Trinajstić information content (AvgIpc) is 3.05. The van der Waals surface area contributed by atoms with Crippen molar-refractivity contribution in [2.45, 2.75) is 11.7 Å². The number of thioether (sulfide) groups is 1. The summed E-state index contributed by atoms with van der Waals surface area (Å²) >= 11 is 7.94. The molecule has 4 rings (SSSR count). The number of nitrogens with one attached hydrogen (secondary N) is 4. The molecule has 4 N–H and O–H groups in total. The lowest BCUT2D eigenvalue weighted by Crippen LogP contribution is -2.74. The summed E-state index contributed by atoms with van der Waals surface area (Å²) in [6.07, 6.45) is 1.82. The molecule has 0 saturated carbocycles. The highest BCUT2D eigenvalue weighted by Gasteiger charge is 2.50. The van der Waals surface area contributed by atoms with E-state index in [-0.39, 0.29) is 23.5 Å². The third-order valence-electron chi connectivity index (χ3n) is 4.11. The van der Waals surface area contributed by atoms with E-state index in [9.17, 15) is 4.79 Å². The first-order valence-electron chi connectivity index (χ1n) is 7.19. The molecule has 3 aliphatic rings. The van der Waals surface area contributed by atoms with Crippen LogP contribution in [0.4, 0.5) is 5.69 Å². The molecule has 3 unspecified atom stereocenters. The van der Waals surface area contributed by atoms with Crippen LogP contribution in [0, 0.1) is 5.92 Å². The van der Waals surface area contributed by atoms with Crippen LogP contribution in [0.5, 0.6) is 0 Å². The van der Waals surface area contributed by atoms with E-state index in [1.807, 2.05) is 29.5 Å². The van der Waals surface area contributed by atoms with Crippen molar-refractivity contribution in [3.8, 4) is 0 Å². The van der Waals surface area contributed by atoms with Crippen LogP contribution >= 0.6 is 23.4 Å². The molecule has 3 aliphatic heterocycles. The fourth-order valence-corrected chi connectivity index (χ4v) is 3.77. The van der Waals surface area contributed by atoms with E-state index in [0.29, 0.717) is 23.2 Å². The van der Waals surface area contributed by atoms with Crippen LogP contribution in [0.15, 0.2) is 29.4 Å². The van der Waals surface area contributed by atoms with Crippen LogP contribution in [0.2, 0.25) is 5.02 Å². The Hall–Kier alpha value is -1.52. The zero-order valence-corrected chi connectivity index (χ0v) is 13.9. The standard InChI is InChI=1S/C13H16ClN7OS/c1-23-12-15-6-7-10(16-12)21-13(17-18-19-21)20(11(7)22)9-5-3-2-4-8(9)14/h2-5,7,10,12,15-16,18-19H,6H2,1H3. The molecule has 8 nitrogen and oxygen atoms in total. The van der Waals surface area contributed by atoms with E-state index in [2.05, 4.69) is 26.8 Å². The fraction of sp³-hybridized carbons (Fsp3) is 0.385. The lowest BCUT2D eigenvalue weighted by molar-refractivity contribution is -0.126. The number of guanidine groups is 1. The van der Waals surface area contributed by atoms with Crippen molar-refractivity contribution in [3.63, 3.8) is 0 Å². The minimum absolute atomic E-state index is 0.0387. The molecule has 10 heteroatoms. The van der Waals surface area contributed by atoms with E-state index < -0.39 is 0 Å². The Morgan fingerprint density at radius 2 is 2.22 bits per heavy atom.